The van der Waals surface area contributed by atoms with Crippen LogP contribution in [0.15, 0.2) is 18.2 Å². The average molecular weight is 299 g/mol. The van der Waals surface area contributed by atoms with E-state index in [1.54, 1.807) is 0 Å². The number of carbonyl (C=O) groups is 1. The van der Waals surface area contributed by atoms with Gasteiger partial charge in [0.2, 0.25) is 5.91 Å². The van der Waals surface area contributed by atoms with Crippen LogP contribution < -0.4 is 20.5 Å². The van der Waals surface area contributed by atoms with E-state index in [9.17, 15) is 4.79 Å². The Morgan fingerprint density at radius 3 is 2.65 bits per heavy atom. The van der Waals surface area contributed by atoms with Crippen molar-refractivity contribution in [1.82, 2.24) is 5.32 Å². The van der Waals surface area contributed by atoms with E-state index in [0.29, 0.717) is 19.8 Å². The molecule has 110 valence electrons. The van der Waals surface area contributed by atoms with Crippen molar-refractivity contribution in [2.75, 3.05) is 19.8 Å². The van der Waals surface area contributed by atoms with Crippen LogP contribution in [-0.2, 0) is 11.2 Å². The van der Waals surface area contributed by atoms with Crippen molar-refractivity contribution in [2.45, 2.75) is 24.8 Å². The lowest BCUT2D eigenvalue weighted by Gasteiger charge is -2.19. The molecule has 3 N–H and O–H groups in total. The molecule has 1 fully saturated rings. The van der Waals surface area contributed by atoms with Gasteiger partial charge in [0.1, 0.15) is 13.2 Å². The minimum atomic E-state index is -0.590. The van der Waals surface area contributed by atoms with Crippen LogP contribution in [0.2, 0.25) is 0 Å². The Kier molecular flexibility index (Phi) is 4.40. The summed E-state index contributed by atoms with van der Waals surface area (Å²) in [5.41, 5.74) is 6.34. The molecule has 2 aliphatic rings. The Balaban J connectivity index is 0.00000147. The van der Waals surface area contributed by atoms with Crippen LogP contribution in [0.25, 0.3) is 0 Å². The monoisotopic (exact) mass is 298 g/mol. The summed E-state index contributed by atoms with van der Waals surface area (Å²) in [6.45, 7) is 1.78. The second-order valence-electron chi connectivity index (χ2n) is 5.14. The number of rotatable bonds is 4. The molecule has 1 amide bonds. The molecule has 0 radical (unpaired) electrons. The maximum absolute atomic E-state index is 11.7. The molecule has 0 spiro atoms. The zero-order valence-electron chi connectivity index (χ0n) is 11.2. The number of nitrogens with one attached hydrogen (secondary N) is 1. The molecule has 1 heterocycles. The van der Waals surface area contributed by atoms with E-state index in [1.807, 2.05) is 18.2 Å². The number of nitrogens with two attached hydrogens (primary N) is 1. The Morgan fingerprint density at radius 2 is 1.95 bits per heavy atom. The third-order valence-corrected chi connectivity index (χ3v) is 3.55. The van der Waals surface area contributed by atoms with Gasteiger partial charge in [0.25, 0.3) is 0 Å². The fourth-order valence-electron chi connectivity index (χ4n) is 2.10. The lowest BCUT2D eigenvalue weighted by Crippen LogP contribution is -2.43. The maximum atomic E-state index is 11.7. The standard InChI is InChI=1S/C14H18N2O3.ClH/c15-14(4-5-14)13(17)16-6-3-10-1-2-11-12(9-10)19-8-7-18-11;/h1-2,9H,3-8,15H2,(H,16,17);1H. The summed E-state index contributed by atoms with van der Waals surface area (Å²) in [7, 11) is 0. The van der Waals surface area contributed by atoms with Crippen molar-refractivity contribution in [3.05, 3.63) is 23.8 Å². The molecule has 0 unspecified atom stereocenters. The van der Waals surface area contributed by atoms with Crippen molar-refractivity contribution < 1.29 is 14.3 Å². The first-order chi connectivity index (χ1) is 9.17. The first-order valence-electron chi connectivity index (χ1n) is 6.63. The summed E-state index contributed by atoms with van der Waals surface area (Å²) in [5, 5.41) is 2.88. The highest BCUT2D eigenvalue weighted by Gasteiger charge is 2.45. The summed E-state index contributed by atoms with van der Waals surface area (Å²) in [6.07, 6.45) is 2.35. The molecular weight excluding hydrogens is 280 g/mol. The van der Waals surface area contributed by atoms with E-state index < -0.39 is 5.54 Å². The molecule has 6 heteroatoms. The molecule has 1 aliphatic heterocycles. The van der Waals surface area contributed by atoms with E-state index >= 15 is 0 Å². The van der Waals surface area contributed by atoms with Gasteiger partial charge >= 0.3 is 0 Å². The number of amides is 1. The fraction of sp³-hybridized carbons (Fsp3) is 0.500. The number of fused-ring (bicyclic) bond motifs is 1. The van der Waals surface area contributed by atoms with Gasteiger partial charge in [-0.2, -0.15) is 0 Å². The van der Waals surface area contributed by atoms with Crippen molar-refractivity contribution in [2.24, 2.45) is 5.73 Å². The van der Waals surface area contributed by atoms with Gasteiger partial charge in [-0.1, -0.05) is 6.07 Å². The van der Waals surface area contributed by atoms with Gasteiger partial charge in [-0.25, -0.2) is 0 Å². The van der Waals surface area contributed by atoms with Crippen LogP contribution in [0.4, 0.5) is 0 Å². The molecule has 3 rings (SSSR count). The minimum Gasteiger partial charge on any atom is -0.486 e. The highest BCUT2D eigenvalue weighted by molar-refractivity contribution is 5.88. The van der Waals surface area contributed by atoms with Gasteiger partial charge in [-0.05, 0) is 37.0 Å². The predicted molar refractivity (Wildman–Crippen MR) is 77.5 cm³/mol. The second kappa shape index (κ2) is 5.89. The number of hydrogen-bond acceptors (Lipinski definition) is 4. The highest BCUT2D eigenvalue weighted by Crippen LogP contribution is 2.32. The van der Waals surface area contributed by atoms with Crippen molar-refractivity contribution in [3.63, 3.8) is 0 Å². The van der Waals surface area contributed by atoms with Crippen molar-refractivity contribution >= 4 is 18.3 Å². The smallest absolute Gasteiger partial charge is 0.240 e. The van der Waals surface area contributed by atoms with Gasteiger partial charge in [-0.3, -0.25) is 4.79 Å². The summed E-state index contributed by atoms with van der Waals surface area (Å²) in [6, 6.07) is 5.88. The first-order valence-corrected chi connectivity index (χ1v) is 6.63. The van der Waals surface area contributed by atoms with Gasteiger partial charge in [0.05, 0.1) is 5.54 Å². The lowest BCUT2D eigenvalue weighted by molar-refractivity contribution is -0.123. The molecule has 1 aromatic carbocycles. The molecule has 1 aromatic rings. The van der Waals surface area contributed by atoms with Crippen LogP contribution in [0.3, 0.4) is 0 Å². The summed E-state index contributed by atoms with van der Waals surface area (Å²) in [4.78, 5) is 11.7. The fourth-order valence-corrected chi connectivity index (χ4v) is 2.10. The molecule has 0 bridgehead atoms. The maximum Gasteiger partial charge on any atom is 0.240 e. The molecule has 1 aliphatic carbocycles. The van der Waals surface area contributed by atoms with Gasteiger partial charge < -0.3 is 20.5 Å². The molecule has 0 atom stereocenters. The number of ether oxygens (including phenoxy) is 2. The zero-order chi connectivity index (χ0) is 13.3. The largest absolute Gasteiger partial charge is 0.486 e. The van der Waals surface area contributed by atoms with Crippen LogP contribution >= 0.6 is 12.4 Å². The van der Waals surface area contributed by atoms with Crippen LogP contribution in [0, 0.1) is 0 Å². The Bertz CT molecular complexity index is 503. The quantitative estimate of drug-likeness (QED) is 0.871. The highest BCUT2D eigenvalue weighted by atomic mass is 35.5. The molecule has 0 saturated heterocycles. The third kappa shape index (κ3) is 3.16. The SMILES string of the molecule is Cl.NC1(C(=O)NCCc2ccc3c(c2)OCCO3)CC1. The van der Waals surface area contributed by atoms with Crippen LogP contribution in [0.5, 0.6) is 11.5 Å². The number of hydrogen-bond donors (Lipinski definition) is 2. The average Bonchev–Trinajstić information content (AvgIpc) is 3.18. The molecule has 1 saturated carbocycles. The lowest BCUT2D eigenvalue weighted by atomic mass is 10.1. The van der Waals surface area contributed by atoms with Crippen LogP contribution in [-0.4, -0.2) is 31.2 Å². The van der Waals surface area contributed by atoms with Gasteiger partial charge in [-0.15, -0.1) is 12.4 Å². The zero-order valence-corrected chi connectivity index (χ0v) is 12.0. The Morgan fingerprint density at radius 1 is 1.25 bits per heavy atom. The molecule has 5 nitrogen and oxygen atoms in total. The molecular formula is C14H19ClN2O3. The van der Waals surface area contributed by atoms with E-state index in [-0.39, 0.29) is 18.3 Å². The summed E-state index contributed by atoms with van der Waals surface area (Å²) < 4.78 is 11.0. The Hall–Kier alpha value is -1.46. The summed E-state index contributed by atoms with van der Waals surface area (Å²) >= 11 is 0. The molecule has 0 aromatic heterocycles. The number of halogens is 1. The topological polar surface area (TPSA) is 73.6 Å². The first kappa shape index (κ1) is 14.9. The minimum absolute atomic E-state index is 0. The number of benzene rings is 1. The normalized spacial score (nSPS) is 17.9. The molecule has 20 heavy (non-hydrogen) atoms. The van der Waals surface area contributed by atoms with E-state index in [0.717, 1.165) is 36.3 Å². The van der Waals surface area contributed by atoms with Crippen molar-refractivity contribution in [1.29, 1.82) is 0 Å². The van der Waals surface area contributed by atoms with Crippen LogP contribution in [0.1, 0.15) is 18.4 Å². The third-order valence-electron chi connectivity index (χ3n) is 3.55. The van der Waals surface area contributed by atoms with Crippen molar-refractivity contribution in [3.8, 4) is 11.5 Å². The van der Waals surface area contributed by atoms with Gasteiger partial charge in [0.15, 0.2) is 11.5 Å². The van der Waals surface area contributed by atoms with E-state index in [4.69, 9.17) is 15.2 Å². The van der Waals surface area contributed by atoms with E-state index in [2.05, 4.69) is 5.32 Å². The van der Waals surface area contributed by atoms with E-state index in [1.165, 1.54) is 0 Å². The second-order valence-corrected chi connectivity index (χ2v) is 5.14. The Labute approximate surface area is 124 Å². The van der Waals surface area contributed by atoms with Gasteiger partial charge in [0, 0.05) is 6.54 Å². The summed E-state index contributed by atoms with van der Waals surface area (Å²) in [5.74, 6) is 1.54. The number of carbonyl (C=O) groups excluding carboxylic acids is 1. The predicted octanol–water partition coefficient (Wildman–Crippen LogP) is 1.03.